The van der Waals surface area contributed by atoms with Gasteiger partial charge in [-0.25, -0.2) is 4.79 Å². The van der Waals surface area contributed by atoms with Crippen LogP contribution in [0.3, 0.4) is 0 Å². The zero-order chi connectivity index (χ0) is 15.6. The van der Waals surface area contributed by atoms with Gasteiger partial charge in [0.1, 0.15) is 11.3 Å². The molecular formula is C16H18O5. The third-order valence-electron chi connectivity index (χ3n) is 3.56. The second kappa shape index (κ2) is 5.99. The van der Waals surface area contributed by atoms with Crippen molar-refractivity contribution in [3.63, 3.8) is 0 Å². The predicted molar refractivity (Wildman–Crippen MR) is 78.6 cm³/mol. The highest BCUT2D eigenvalue weighted by Gasteiger charge is 2.15. The first kappa shape index (κ1) is 15.1. The van der Waals surface area contributed by atoms with Gasteiger partial charge in [0.25, 0.3) is 0 Å². The van der Waals surface area contributed by atoms with Gasteiger partial charge in [-0.05, 0) is 44.9 Å². The molecule has 0 aliphatic heterocycles. The molecule has 5 heteroatoms. The fraction of sp³-hybridized carbons (Fsp3) is 0.375. The SMILES string of the molecule is CCOC(=O)CCc1c(C)c2ccc(O)c(C)c2oc1=O. The molecule has 0 aliphatic rings. The molecule has 1 N–H and O–H groups in total. The summed E-state index contributed by atoms with van der Waals surface area (Å²) in [5, 5.41) is 10.4. The van der Waals surface area contributed by atoms with Crippen molar-refractivity contribution < 1.29 is 19.1 Å². The van der Waals surface area contributed by atoms with E-state index < -0.39 is 5.63 Å². The van der Waals surface area contributed by atoms with Gasteiger partial charge < -0.3 is 14.3 Å². The highest BCUT2D eigenvalue weighted by molar-refractivity contribution is 5.85. The van der Waals surface area contributed by atoms with Crippen molar-refractivity contribution in [3.05, 3.63) is 39.2 Å². The van der Waals surface area contributed by atoms with Crippen molar-refractivity contribution in [2.75, 3.05) is 6.61 Å². The molecule has 1 aromatic heterocycles. The smallest absolute Gasteiger partial charge is 0.339 e. The molecule has 0 saturated carbocycles. The largest absolute Gasteiger partial charge is 0.508 e. The van der Waals surface area contributed by atoms with Crippen molar-refractivity contribution in [1.29, 1.82) is 0 Å². The molecule has 0 fully saturated rings. The zero-order valence-electron chi connectivity index (χ0n) is 12.4. The van der Waals surface area contributed by atoms with Gasteiger partial charge in [0, 0.05) is 22.9 Å². The Morgan fingerprint density at radius 1 is 1.29 bits per heavy atom. The highest BCUT2D eigenvalue weighted by atomic mass is 16.5. The van der Waals surface area contributed by atoms with Crippen molar-refractivity contribution in [2.24, 2.45) is 0 Å². The lowest BCUT2D eigenvalue weighted by Gasteiger charge is -2.09. The molecule has 0 unspecified atom stereocenters. The van der Waals surface area contributed by atoms with Gasteiger partial charge in [0.2, 0.25) is 0 Å². The summed E-state index contributed by atoms with van der Waals surface area (Å²) in [6, 6.07) is 3.28. The number of hydrogen-bond donors (Lipinski definition) is 1. The van der Waals surface area contributed by atoms with Gasteiger partial charge in [-0.15, -0.1) is 0 Å². The maximum Gasteiger partial charge on any atom is 0.339 e. The normalized spacial score (nSPS) is 10.8. The van der Waals surface area contributed by atoms with Crippen LogP contribution in [0.1, 0.15) is 30.0 Å². The maximum absolute atomic E-state index is 12.1. The van der Waals surface area contributed by atoms with E-state index in [1.54, 1.807) is 26.0 Å². The Morgan fingerprint density at radius 3 is 2.67 bits per heavy atom. The van der Waals surface area contributed by atoms with Crippen LogP contribution in [-0.4, -0.2) is 17.7 Å². The van der Waals surface area contributed by atoms with Gasteiger partial charge >= 0.3 is 11.6 Å². The molecule has 5 nitrogen and oxygen atoms in total. The van der Waals surface area contributed by atoms with Gasteiger partial charge in [-0.3, -0.25) is 4.79 Å². The Bertz CT molecular complexity index is 742. The number of phenols is 1. The lowest BCUT2D eigenvalue weighted by Crippen LogP contribution is -2.14. The van der Waals surface area contributed by atoms with Crippen LogP contribution in [0.2, 0.25) is 0 Å². The van der Waals surface area contributed by atoms with E-state index in [0.29, 0.717) is 23.3 Å². The molecule has 112 valence electrons. The van der Waals surface area contributed by atoms with E-state index >= 15 is 0 Å². The second-order valence-electron chi connectivity index (χ2n) is 4.88. The molecule has 2 rings (SSSR count). The maximum atomic E-state index is 12.1. The Morgan fingerprint density at radius 2 is 2.00 bits per heavy atom. The van der Waals surface area contributed by atoms with Crippen LogP contribution in [0, 0.1) is 13.8 Å². The third-order valence-corrected chi connectivity index (χ3v) is 3.56. The number of fused-ring (bicyclic) bond motifs is 1. The molecule has 0 aliphatic carbocycles. The third kappa shape index (κ3) is 2.91. The van der Waals surface area contributed by atoms with Gasteiger partial charge in [0.05, 0.1) is 6.61 Å². The minimum absolute atomic E-state index is 0.0873. The molecule has 1 heterocycles. The van der Waals surface area contributed by atoms with E-state index in [2.05, 4.69) is 0 Å². The highest BCUT2D eigenvalue weighted by Crippen LogP contribution is 2.28. The number of hydrogen-bond acceptors (Lipinski definition) is 5. The van der Waals surface area contributed by atoms with Crippen LogP contribution in [0.5, 0.6) is 5.75 Å². The zero-order valence-corrected chi connectivity index (χ0v) is 12.4. The Kier molecular flexibility index (Phi) is 4.31. The number of ether oxygens (including phenoxy) is 1. The molecular weight excluding hydrogens is 272 g/mol. The van der Waals surface area contributed by atoms with E-state index in [-0.39, 0.29) is 24.6 Å². The van der Waals surface area contributed by atoms with E-state index in [1.807, 2.05) is 6.92 Å². The first-order valence-corrected chi connectivity index (χ1v) is 6.86. The molecule has 0 saturated heterocycles. The van der Waals surface area contributed by atoms with Crippen molar-refractivity contribution >= 4 is 16.9 Å². The van der Waals surface area contributed by atoms with Crippen LogP contribution >= 0.6 is 0 Å². The van der Waals surface area contributed by atoms with E-state index in [1.165, 1.54) is 0 Å². The molecule has 0 radical (unpaired) electrons. The minimum Gasteiger partial charge on any atom is -0.508 e. The summed E-state index contributed by atoms with van der Waals surface area (Å²) in [6.45, 7) is 5.57. The molecule has 0 bridgehead atoms. The van der Waals surface area contributed by atoms with Gasteiger partial charge in [-0.1, -0.05) is 0 Å². The number of phenolic OH excluding ortho intramolecular Hbond substituents is 1. The number of esters is 1. The van der Waals surface area contributed by atoms with E-state index in [4.69, 9.17) is 9.15 Å². The summed E-state index contributed by atoms with van der Waals surface area (Å²) >= 11 is 0. The summed E-state index contributed by atoms with van der Waals surface area (Å²) in [6.07, 6.45) is 0.422. The lowest BCUT2D eigenvalue weighted by molar-refractivity contribution is -0.143. The minimum atomic E-state index is -0.474. The average molecular weight is 290 g/mol. The van der Waals surface area contributed by atoms with Crippen LogP contribution in [-0.2, 0) is 16.0 Å². The van der Waals surface area contributed by atoms with Gasteiger partial charge in [0.15, 0.2) is 0 Å². The number of aromatic hydroxyl groups is 1. The summed E-state index contributed by atoms with van der Waals surface area (Å²) < 4.78 is 10.2. The van der Waals surface area contributed by atoms with Crippen molar-refractivity contribution in [3.8, 4) is 5.75 Å². The Labute approximate surface area is 122 Å². The lowest BCUT2D eigenvalue weighted by atomic mass is 10.0. The second-order valence-corrected chi connectivity index (χ2v) is 4.88. The number of carbonyl (C=O) groups is 1. The predicted octanol–water partition coefficient (Wildman–Crippen LogP) is 2.61. The van der Waals surface area contributed by atoms with E-state index in [9.17, 15) is 14.7 Å². The molecule has 1 aromatic carbocycles. The van der Waals surface area contributed by atoms with Crippen LogP contribution in [0.25, 0.3) is 11.0 Å². The van der Waals surface area contributed by atoms with E-state index in [0.717, 1.165) is 10.9 Å². The summed E-state index contributed by atoms with van der Waals surface area (Å²) in [7, 11) is 0. The monoisotopic (exact) mass is 290 g/mol. The first-order valence-electron chi connectivity index (χ1n) is 6.86. The fourth-order valence-corrected chi connectivity index (χ4v) is 2.33. The summed E-state index contributed by atoms with van der Waals surface area (Å²) in [5.41, 5.74) is 1.69. The molecule has 21 heavy (non-hydrogen) atoms. The molecule has 0 spiro atoms. The topological polar surface area (TPSA) is 76.7 Å². The first-order chi connectivity index (χ1) is 9.95. The molecule has 0 amide bonds. The number of aryl methyl sites for hydroxylation is 2. The van der Waals surface area contributed by atoms with Gasteiger partial charge in [-0.2, -0.15) is 0 Å². The summed E-state index contributed by atoms with van der Waals surface area (Å²) in [4.78, 5) is 23.5. The number of benzene rings is 1. The van der Waals surface area contributed by atoms with Crippen LogP contribution < -0.4 is 5.63 Å². The summed E-state index contributed by atoms with van der Waals surface area (Å²) in [5.74, 6) is -0.248. The average Bonchev–Trinajstić information content (AvgIpc) is 2.43. The Balaban J connectivity index is 2.44. The molecule has 2 aromatic rings. The van der Waals surface area contributed by atoms with Crippen LogP contribution in [0.15, 0.2) is 21.3 Å². The Hall–Kier alpha value is -2.30. The quantitative estimate of drug-likeness (QED) is 0.692. The number of rotatable bonds is 4. The van der Waals surface area contributed by atoms with Crippen LogP contribution in [0.4, 0.5) is 0 Å². The standard InChI is InChI=1S/C16H18O5/c1-4-20-14(18)8-6-12-9(2)11-5-7-13(17)10(3)15(11)21-16(12)19/h5,7,17H,4,6,8H2,1-3H3. The number of carbonyl (C=O) groups excluding carboxylic acids is 1. The van der Waals surface area contributed by atoms with Crippen molar-refractivity contribution in [1.82, 2.24) is 0 Å². The molecule has 0 atom stereocenters. The fourth-order valence-electron chi connectivity index (χ4n) is 2.33. The van der Waals surface area contributed by atoms with Crippen molar-refractivity contribution in [2.45, 2.75) is 33.6 Å².